The van der Waals surface area contributed by atoms with Crippen LogP contribution in [-0.2, 0) is 6.54 Å². The fourth-order valence-electron chi connectivity index (χ4n) is 2.60. The van der Waals surface area contributed by atoms with E-state index >= 15 is 0 Å². The van der Waals surface area contributed by atoms with Crippen LogP contribution in [0.1, 0.15) is 32.7 Å². The standard InChI is InChI=1S/C21H22N4O/c1-14-4-7-17(8-5-14)13-23-21-22-11-10-19(25-21)20(26)24-18-9-6-15(2)12-16(18)3/h4-12H,13H2,1-3H3,(H,24,26)(H,22,23,25). The number of carbonyl (C=O) groups excluding carboxylic acids is 1. The van der Waals surface area contributed by atoms with Gasteiger partial charge >= 0.3 is 0 Å². The Labute approximate surface area is 153 Å². The van der Waals surface area contributed by atoms with Crippen LogP contribution in [0.3, 0.4) is 0 Å². The average molecular weight is 346 g/mol. The van der Waals surface area contributed by atoms with Gasteiger partial charge in [0, 0.05) is 18.4 Å². The van der Waals surface area contributed by atoms with Crippen LogP contribution in [0, 0.1) is 20.8 Å². The average Bonchev–Trinajstić information content (AvgIpc) is 2.64. The molecule has 5 nitrogen and oxygen atoms in total. The molecule has 3 rings (SSSR count). The minimum atomic E-state index is -0.252. The van der Waals surface area contributed by atoms with Crippen LogP contribution in [0.4, 0.5) is 11.6 Å². The van der Waals surface area contributed by atoms with Crippen molar-refractivity contribution in [2.75, 3.05) is 10.6 Å². The summed E-state index contributed by atoms with van der Waals surface area (Å²) < 4.78 is 0. The maximum absolute atomic E-state index is 12.5. The van der Waals surface area contributed by atoms with Crippen molar-refractivity contribution in [1.29, 1.82) is 0 Å². The van der Waals surface area contributed by atoms with E-state index in [2.05, 4.69) is 51.8 Å². The molecule has 1 heterocycles. The molecule has 0 unspecified atom stereocenters. The topological polar surface area (TPSA) is 66.9 Å². The summed E-state index contributed by atoms with van der Waals surface area (Å²) in [6, 6.07) is 15.7. The molecule has 0 saturated heterocycles. The quantitative estimate of drug-likeness (QED) is 0.724. The van der Waals surface area contributed by atoms with Gasteiger partial charge in [0.15, 0.2) is 0 Å². The molecular weight excluding hydrogens is 324 g/mol. The molecule has 0 saturated carbocycles. The highest BCUT2D eigenvalue weighted by Crippen LogP contribution is 2.17. The summed E-state index contributed by atoms with van der Waals surface area (Å²) >= 11 is 0. The lowest BCUT2D eigenvalue weighted by Gasteiger charge is -2.10. The van der Waals surface area contributed by atoms with E-state index in [1.807, 2.05) is 32.0 Å². The molecule has 0 aliphatic carbocycles. The van der Waals surface area contributed by atoms with E-state index in [9.17, 15) is 4.79 Å². The van der Waals surface area contributed by atoms with Crippen LogP contribution in [0.25, 0.3) is 0 Å². The number of hydrogen-bond donors (Lipinski definition) is 2. The summed E-state index contributed by atoms with van der Waals surface area (Å²) in [6.45, 7) is 6.65. The van der Waals surface area contributed by atoms with Crippen molar-refractivity contribution in [3.63, 3.8) is 0 Å². The van der Waals surface area contributed by atoms with Gasteiger partial charge < -0.3 is 10.6 Å². The monoisotopic (exact) mass is 346 g/mol. The third-order valence-corrected chi connectivity index (χ3v) is 4.09. The number of nitrogens with one attached hydrogen (secondary N) is 2. The molecule has 0 radical (unpaired) electrons. The highest BCUT2D eigenvalue weighted by molar-refractivity contribution is 6.03. The molecule has 5 heteroatoms. The van der Waals surface area contributed by atoms with Gasteiger partial charge in [0.05, 0.1) is 0 Å². The summed E-state index contributed by atoms with van der Waals surface area (Å²) in [5.74, 6) is 0.177. The molecular formula is C21H22N4O. The minimum Gasteiger partial charge on any atom is -0.350 e. The highest BCUT2D eigenvalue weighted by atomic mass is 16.1. The van der Waals surface area contributed by atoms with Crippen molar-refractivity contribution in [2.24, 2.45) is 0 Å². The molecule has 0 bridgehead atoms. The summed E-state index contributed by atoms with van der Waals surface area (Å²) in [7, 11) is 0. The molecule has 1 amide bonds. The van der Waals surface area contributed by atoms with Crippen molar-refractivity contribution in [3.8, 4) is 0 Å². The van der Waals surface area contributed by atoms with E-state index in [1.165, 1.54) is 5.56 Å². The van der Waals surface area contributed by atoms with Gasteiger partial charge in [-0.15, -0.1) is 0 Å². The molecule has 3 aromatic rings. The van der Waals surface area contributed by atoms with Gasteiger partial charge in [-0.1, -0.05) is 47.5 Å². The van der Waals surface area contributed by atoms with E-state index < -0.39 is 0 Å². The normalized spacial score (nSPS) is 10.4. The summed E-state index contributed by atoms with van der Waals surface area (Å²) in [5.41, 5.74) is 5.63. The zero-order valence-electron chi connectivity index (χ0n) is 15.2. The maximum Gasteiger partial charge on any atom is 0.274 e. The first-order valence-corrected chi connectivity index (χ1v) is 8.52. The predicted octanol–water partition coefficient (Wildman–Crippen LogP) is 4.27. The number of benzene rings is 2. The Kier molecular flexibility index (Phi) is 5.27. The minimum absolute atomic E-state index is 0.252. The molecule has 0 atom stereocenters. The number of hydrogen-bond acceptors (Lipinski definition) is 4. The van der Waals surface area contributed by atoms with Crippen molar-refractivity contribution >= 4 is 17.5 Å². The number of amides is 1. The summed E-state index contributed by atoms with van der Waals surface area (Å²) in [4.78, 5) is 21.0. The zero-order valence-corrected chi connectivity index (χ0v) is 15.2. The van der Waals surface area contributed by atoms with Crippen LogP contribution in [0.5, 0.6) is 0 Å². The van der Waals surface area contributed by atoms with Crippen LogP contribution in [-0.4, -0.2) is 15.9 Å². The summed E-state index contributed by atoms with van der Waals surface area (Å²) in [6.07, 6.45) is 1.58. The maximum atomic E-state index is 12.5. The zero-order chi connectivity index (χ0) is 18.5. The van der Waals surface area contributed by atoms with Crippen molar-refractivity contribution in [1.82, 2.24) is 9.97 Å². The lowest BCUT2D eigenvalue weighted by atomic mass is 10.1. The van der Waals surface area contributed by atoms with Crippen molar-refractivity contribution < 1.29 is 4.79 Å². The third-order valence-electron chi connectivity index (χ3n) is 4.09. The first kappa shape index (κ1) is 17.6. The Hall–Kier alpha value is -3.21. The number of carbonyl (C=O) groups is 1. The number of aromatic nitrogens is 2. The van der Waals surface area contributed by atoms with Crippen LogP contribution < -0.4 is 10.6 Å². The first-order chi connectivity index (χ1) is 12.5. The molecule has 1 aromatic heterocycles. The second kappa shape index (κ2) is 7.78. The molecule has 0 aliphatic rings. The van der Waals surface area contributed by atoms with Crippen LogP contribution in [0.2, 0.25) is 0 Å². The smallest absolute Gasteiger partial charge is 0.274 e. The molecule has 2 aromatic carbocycles. The van der Waals surface area contributed by atoms with Gasteiger partial charge in [-0.05, 0) is 44.0 Å². The van der Waals surface area contributed by atoms with Crippen molar-refractivity contribution in [3.05, 3.63) is 82.7 Å². The highest BCUT2D eigenvalue weighted by Gasteiger charge is 2.10. The summed E-state index contributed by atoms with van der Waals surface area (Å²) in [5, 5.41) is 6.06. The number of nitrogens with zero attached hydrogens (tertiary/aromatic N) is 2. The first-order valence-electron chi connectivity index (χ1n) is 8.52. The Balaban J connectivity index is 1.67. The number of anilines is 2. The van der Waals surface area contributed by atoms with Gasteiger partial charge in [-0.3, -0.25) is 4.79 Å². The van der Waals surface area contributed by atoms with Gasteiger partial charge in [0.2, 0.25) is 5.95 Å². The fraction of sp³-hybridized carbons (Fsp3) is 0.190. The van der Waals surface area contributed by atoms with Crippen LogP contribution >= 0.6 is 0 Å². The SMILES string of the molecule is Cc1ccc(CNc2nccc(C(=O)Nc3ccc(C)cc3C)n2)cc1. The predicted molar refractivity (Wildman–Crippen MR) is 104 cm³/mol. The molecule has 0 fully saturated rings. The van der Waals surface area contributed by atoms with Gasteiger partial charge in [-0.25, -0.2) is 9.97 Å². The molecule has 0 aliphatic heterocycles. The van der Waals surface area contributed by atoms with E-state index in [1.54, 1.807) is 12.3 Å². The molecule has 26 heavy (non-hydrogen) atoms. The Morgan fingerprint density at radius 2 is 1.69 bits per heavy atom. The van der Waals surface area contributed by atoms with Crippen molar-refractivity contribution in [2.45, 2.75) is 27.3 Å². The lowest BCUT2D eigenvalue weighted by molar-refractivity contribution is 0.102. The van der Waals surface area contributed by atoms with E-state index in [0.717, 1.165) is 22.4 Å². The lowest BCUT2D eigenvalue weighted by Crippen LogP contribution is -2.16. The Bertz CT molecular complexity index is 920. The van der Waals surface area contributed by atoms with E-state index in [4.69, 9.17) is 0 Å². The van der Waals surface area contributed by atoms with Crippen LogP contribution in [0.15, 0.2) is 54.7 Å². The second-order valence-electron chi connectivity index (χ2n) is 6.38. The van der Waals surface area contributed by atoms with Gasteiger partial charge in [0.25, 0.3) is 5.91 Å². The molecule has 2 N–H and O–H groups in total. The Morgan fingerprint density at radius 1 is 0.962 bits per heavy atom. The third kappa shape index (κ3) is 4.45. The second-order valence-corrected chi connectivity index (χ2v) is 6.38. The fourth-order valence-corrected chi connectivity index (χ4v) is 2.60. The van der Waals surface area contributed by atoms with E-state index in [0.29, 0.717) is 18.2 Å². The Morgan fingerprint density at radius 3 is 2.42 bits per heavy atom. The van der Waals surface area contributed by atoms with Gasteiger partial charge in [0.1, 0.15) is 5.69 Å². The number of aryl methyl sites for hydroxylation is 3. The number of rotatable bonds is 5. The van der Waals surface area contributed by atoms with Gasteiger partial charge in [-0.2, -0.15) is 0 Å². The molecule has 132 valence electrons. The molecule has 0 spiro atoms. The van der Waals surface area contributed by atoms with E-state index in [-0.39, 0.29) is 5.91 Å². The largest absolute Gasteiger partial charge is 0.350 e.